The number of morpholine rings is 1. The van der Waals surface area contributed by atoms with E-state index in [0.29, 0.717) is 18.2 Å². The Bertz CT molecular complexity index is 497. The molecule has 0 aliphatic carbocycles. The molecule has 0 spiro atoms. The number of carbonyl (C=O) groups excluding carboxylic acids is 1. The maximum Gasteiger partial charge on any atom is 0.254 e. The van der Waals surface area contributed by atoms with Crippen LogP contribution in [0.3, 0.4) is 0 Å². The first-order chi connectivity index (χ1) is 9.74. The number of amides is 1. The van der Waals surface area contributed by atoms with E-state index in [-0.39, 0.29) is 17.2 Å². The van der Waals surface area contributed by atoms with Gasteiger partial charge in [0.15, 0.2) is 0 Å². The second kappa shape index (κ2) is 6.08. The lowest BCUT2D eigenvalue weighted by atomic mass is 10.2. The number of rotatable bonds is 3. The largest absolute Gasteiger partial charge is 0.373 e. The number of fused-ring (bicyclic) bond motifs is 1. The van der Waals surface area contributed by atoms with Crippen LogP contribution in [0.2, 0.25) is 5.15 Å². The Morgan fingerprint density at radius 3 is 3.35 bits per heavy atom. The molecule has 2 saturated heterocycles. The fourth-order valence-corrected chi connectivity index (χ4v) is 3.07. The molecule has 3 heterocycles. The number of carbonyl (C=O) groups is 1. The van der Waals surface area contributed by atoms with Gasteiger partial charge in [0.1, 0.15) is 5.15 Å². The van der Waals surface area contributed by atoms with Crippen molar-refractivity contribution in [2.45, 2.75) is 25.0 Å². The van der Waals surface area contributed by atoms with E-state index in [1.165, 1.54) is 12.8 Å². The number of halogens is 1. The van der Waals surface area contributed by atoms with Crippen molar-refractivity contribution in [3.05, 3.63) is 29.0 Å². The summed E-state index contributed by atoms with van der Waals surface area (Å²) in [5.41, 5.74) is 0.407. The molecule has 6 heteroatoms. The molecule has 20 heavy (non-hydrogen) atoms. The average molecular weight is 296 g/mol. The smallest absolute Gasteiger partial charge is 0.254 e. The third-order valence-corrected chi connectivity index (χ3v) is 4.26. The van der Waals surface area contributed by atoms with Gasteiger partial charge < -0.3 is 10.1 Å². The molecule has 2 atom stereocenters. The van der Waals surface area contributed by atoms with Crippen LogP contribution in [0.5, 0.6) is 0 Å². The van der Waals surface area contributed by atoms with Crippen LogP contribution in [0.4, 0.5) is 0 Å². The number of nitrogens with one attached hydrogen (secondary N) is 1. The van der Waals surface area contributed by atoms with Gasteiger partial charge in [0.25, 0.3) is 5.91 Å². The van der Waals surface area contributed by atoms with Crippen molar-refractivity contribution in [3.63, 3.8) is 0 Å². The summed E-state index contributed by atoms with van der Waals surface area (Å²) < 4.78 is 5.80. The van der Waals surface area contributed by atoms with Crippen molar-refractivity contribution in [2.75, 3.05) is 26.2 Å². The third-order valence-electron chi connectivity index (χ3n) is 3.96. The number of nitrogens with zero attached hydrogens (tertiary/aromatic N) is 2. The van der Waals surface area contributed by atoms with Crippen LogP contribution < -0.4 is 5.32 Å². The van der Waals surface area contributed by atoms with E-state index in [0.717, 1.165) is 19.7 Å². The van der Waals surface area contributed by atoms with Crippen molar-refractivity contribution >= 4 is 17.5 Å². The monoisotopic (exact) mass is 295 g/mol. The minimum atomic E-state index is -0.199. The van der Waals surface area contributed by atoms with Gasteiger partial charge in [-0.2, -0.15) is 0 Å². The number of hydrogen-bond donors (Lipinski definition) is 1. The molecule has 2 aliphatic rings. The quantitative estimate of drug-likeness (QED) is 0.855. The predicted molar refractivity (Wildman–Crippen MR) is 75.9 cm³/mol. The highest BCUT2D eigenvalue weighted by molar-refractivity contribution is 6.32. The molecule has 0 bridgehead atoms. The maximum atomic E-state index is 12.0. The predicted octanol–water partition coefficient (Wildman–Crippen LogP) is 1.33. The molecule has 2 fully saturated rings. The highest BCUT2D eigenvalue weighted by Crippen LogP contribution is 2.22. The Labute approximate surface area is 123 Å². The molecule has 3 rings (SSSR count). The molecule has 108 valence electrons. The zero-order chi connectivity index (χ0) is 13.9. The fourth-order valence-electron chi connectivity index (χ4n) is 2.87. The number of pyridine rings is 1. The van der Waals surface area contributed by atoms with Crippen LogP contribution in [0.1, 0.15) is 23.2 Å². The molecule has 1 aromatic rings. The summed E-state index contributed by atoms with van der Waals surface area (Å²) >= 11 is 5.90. The summed E-state index contributed by atoms with van der Waals surface area (Å²) in [5, 5.41) is 3.11. The molecule has 0 saturated carbocycles. The van der Waals surface area contributed by atoms with Gasteiger partial charge in [-0.25, -0.2) is 4.98 Å². The SMILES string of the molecule is O=C(NCC1CN2CCCC2CO1)c1cccnc1Cl. The molecule has 0 aromatic carbocycles. The first-order valence-corrected chi connectivity index (χ1v) is 7.36. The lowest BCUT2D eigenvalue weighted by Gasteiger charge is -2.35. The van der Waals surface area contributed by atoms with Gasteiger partial charge >= 0.3 is 0 Å². The standard InChI is InChI=1S/C14H18ClN3O2/c15-13-12(4-1-5-16-13)14(19)17-7-11-8-18-6-2-3-10(18)9-20-11/h1,4-5,10-11H,2-3,6-9H2,(H,17,19). The van der Waals surface area contributed by atoms with Gasteiger partial charge in [-0.15, -0.1) is 0 Å². The molecule has 2 unspecified atom stereocenters. The van der Waals surface area contributed by atoms with Gasteiger partial charge in [-0.1, -0.05) is 11.6 Å². The first kappa shape index (κ1) is 13.8. The van der Waals surface area contributed by atoms with Crippen LogP contribution >= 0.6 is 11.6 Å². The van der Waals surface area contributed by atoms with Crippen molar-refractivity contribution < 1.29 is 9.53 Å². The lowest BCUT2D eigenvalue weighted by Crippen LogP contribution is -2.50. The summed E-state index contributed by atoms with van der Waals surface area (Å²) in [6.45, 7) is 3.32. The van der Waals surface area contributed by atoms with Gasteiger partial charge in [0.05, 0.1) is 18.3 Å². The number of hydrogen-bond acceptors (Lipinski definition) is 4. The third kappa shape index (κ3) is 2.95. The Balaban J connectivity index is 1.52. The van der Waals surface area contributed by atoms with E-state index in [4.69, 9.17) is 16.3 Å². The minimum absolute atomic E-state index is 0.0590. The van der Waals surface area contributed by atoms with Gasteiger partial charge in [-0.05, 0) is 31.5 Å². The van der Waals surface area contributed by atoms with Crippen LogP contribution in [-0.4, -0.2) is 54.2 Å². The second-order valence-corrected chi connectivity index (χ2v) is 5.66. The van der Waals surface area contributed by atoms with Crippen molar-refractivity contribution in [3.8, 4) is 0 Å². The topological polar surface area (TPSA) is 54.5 Å². The molecule has 0 radical (unpaired) electrons. The first-order valence-electron chi connectivity index (χ1n) is 6.98. The van der Waals surface area contributed by atoms with E-state index >= 15 is 0 Å². The van der Waals surface area contributed by atoms with Gasteiger partial charge in [0.2, 0.25) is 0 Å². The number of aromatic nitrogens is 1. The molecule has 1 N–H and O–H groups in total. The normalized spacial score (nSPS) is 26.2. The number of ether oxygens (including phenoxy) is 1. The van der Waals surface area contributed by atoms with Crippen molar-refractivity contribution in [1.29, 1.82) is 0 Å². The Morgan fingerprint density at radius 1 is 1.60 bits per heavy atom. The maximum absolute atomic E-state index is 12.0. The van der Waals surface area contributed by atoms with Crippen LogP contribution in [0.25, 0.3) is 0 Å². The minimum Gasteiger partial charge on any atom is -0.373 e. The Hall–Kier alpha value is -1.17. The Morgan fingerprint density at radius 2 is 2.50 bits per heavy atom. The lowest BCUT2D eigenvalue weighted by molar-refractivity contribution is -0.0461. The van der Waals surface area contributed by atoms with E-state index < -0.39 is 0 Å². The molecular formula is C14H18ClN3O2. The summed E-state index contributed by atoms with van der Waals surface area (Å²) in [5.74, 6) is -0.199. The van der Waals surface area contributed by atoms with Crippen molar-refractivity contribution in [2.24, 2.45) is 0 Å². The van der Waals surface area contributed by atoms with E-state index in [9.17, 15) is 4.79 Å². The molecule has 1 aromatic heterocycles. The highest BCUT2D eigenvalue weighted by atomic mass is 35.5. The zero-order valence-electron chi connectivity index (χ0n) is 11.2. The molecular weight excluding hydrogens is 278 g/mol. The van der Waals surface area contributed by atoms with Gasteiger partial charge in [-0.3, -0.25) is 9.69 Å². The van der Waals surface area contributed by atoms with Crippen molar-refractivity contribution in [1.82, 2.24) is 15.2 Å². The fraction of sp³-hybridized carbons (Fsp3) is 0.571. The zero-order valence-corrected chi connectivity index (χ0v) is 12.0. The Kier molecular flexibility index (Phi) is 4.19. The average Bonchev–Trinajstić information content (AvgIpc) is 2.92. The molecule has 1 amide bonds. The van der Waals surface area contributed by atoms with E-state index in [1.54, 1.807) is 18.3 Å². The summed E-state index contributed by atoms with van der Waals surface area (Å²) in [7, 11) is 0. The second-order valence-electron chi connectivity index (χ2n) is 5.30. The van der Waals surface area contributed by atoms with Crippen LogP contribution in [0, 0.1) is 0 Å². The van der Waals surface area contributed by atoms with Gasteiger partial charge in [0, 0.05) is 25.3 Å². The van der Waals surface area contributed by atoms with E-state index in [2.05, 4.69) is 15.2 Å². The molecule has 5 nitrogen and oxygen atoms in total. The van der Waals surface area contributed by atoms with E-state index in [1.807, 2.05) is 0 Å². The highest BCUT2D eigenvalue weighted by Gasteiger charge is 2.32. The van der Waals surface area contributed by atoms with Crippen LogP contribution in [-0.2, 0) is 4.74 Å². The molecule has 2 aliphatic heterocycles. The summed E-state index contributed by atoms with van der Waals surface area (Å²) in [6.07, 6.45) is 4.10. The van der Waals surface area contributed by atoms with Crippen LogP contribution in [0.15, 0.2) is 18.3 Å². The summed E-state index contributed by atoms with van der Waals surface area (Å²) in [6, 6.07) is 3.95. The summed E-state index contributed by atoms with van der Waals surface area (Å²) in [4.78, 5) is 18.4.